The number of rotatable bonds is 8. The molecule has 0 aliphatic carbocycles. The van der Waals surface area contributed by atoms with Crippen LogP contribution in [-0.2, 0) is 27.4 Å². The van der Waals surface area contributed by atoms with Crippen LogP contribution in [0.1, 0.15) is 39.0 Å². The Bertz CT molecular complexity index is 758. The molecule has 1 amide bonds. The minimum atomic E-state index is -0.333. The van der Waals surface area contributed by atoms with E-state index in [9.17, 15) is 9.59 Å². The van der Waals surface area contributed by atoms with Crippen molar-refractivity contribution in [1.29, 1.82) is 0 Å². The summed E-state index contributed by atoms with van der Waals surface area (Å²) in [5, 5.41) is 2.41. The molecule has 0 fully saturated rings. The van der Waals surface area contributed by atoms with Gasteiger partial charge in [0, 0.05) is 18.8 Å². The van der Waals surface area contributed by atoms with Crippen LogP contribution in [0, 0.1) is 0 Å². The van der Waals surface area contributed by atoms with Gasteiger partial charge in [0.1, 0.15) is 12.4 Å². The fourth-order valence-corrected chi connectivity index (χ4v) is 3.27. The van der Waals surface area contributed by atoms with Crippen LogP contribution < -0.4 is 9.64 Å². The summed E-state index contributed by atoms with van der Waals surface area (Å²) in [5.41, 5.74) is 1.47. The molecule has 0 saturated heterocycles. The van der Waals surface area contributed by atoms with E-state index in [1.165, 1.54) is 18.3 Å². The van der Waals surface area contributed by atoms with E-state index in [1.54, 1.807) is 10.3 Å². The quantitative estimate of drug-likeness (QED) is 0.659. The molecular weight excluding hydrogens is 352 g/mol. The summed E-state index contributed by atoms with van der Waals surface area (Å²) in [6, 6.07) is 7.42. The van der Waals surface area contributed by atoms with Gasteiger partial charge in [0.05, 0.1) is 18.2 Å². The summed E-state index contributed by atoms with van der Waals surface area (Å²) in [5.74, 6) is 0.340. The van der Waals surface area contributed by atoms with Crippen molar-refractivity contribution < 1.29 is 19.1 Å². The Kier molecular flexibility index (Phi) is 7.15. The number of carbonyl (C=O) groups excluding carboxylic acids is 2. The first-order valence-corrected chi connectivity index (χ1v) is 9.40. The van der Waals surface area contributed by atoms with E-state index in [0.717, 1.165) is 11.3 Å². The maximum Gasteiger partial charge on any atom is 0.310 e. The third-order valence-corrected chi connectivity index (χ3v) is 4.38. The van der Waals surface area contributed by atoms with Crippen molar-refractivity contribution in [2.75, 3.05) is 11.4 Å². The molecule has 0 aliphatic heterocycles. The molecule has 0 radical (unpaired) electrons. The molecule has 0 saturated carbocycles. The largest absolute Gasteiger partial charge is 0.491 e. The van der Waals surface area contributed by atoms with Gasteiger partial charge < -0.3 is 9.47 Å². The molecule has 2 aromatic rings. The summed E-state index contributed by atoms with van der Waals surface area (Å²) in [7, 11) is 0. The highest BCUT2D eigenvalue weighted by Gasteiger charge is 2.14. The van der Waals surface area contributed by atoms with Gasteiger partial charge in [-0.05, 0) is 38.5 Å². The molecule has 140 valence electrons. The third-order valence-electron chi connectivity index (χ3n) is 3.47. The topological polar surface area (TPSA) is 68.7 Å². The molecule has 6 nitrogen and oxygen atoms in total. The molecule has 1 heterocycles. The number of thiazole rings is 1. The van der Waals surface area contributed by atoms with Crippen LogP contribution >= 0.6 is 11.3 Å². The van der Waals surface area contributed by atoms with Crippen LogP contribution in [0.2, 0.25) is 0 Å². The minimum absolute atomic E-state index is 0.0612. The zero-order valence-corrected chi connectivity index (χ0v) is 16.3. The fraction of sp³-hybridized carbons (Fsp3) is 0.421. The lowest BCUT2D eigenvalue weighted by molar-refractivity contribution is -0.144. The van der Waals surface area contributed by atoms with Crippen molar-refractivity contribution in [1.82, 2.24) is 4.98 Å². The number of aromatic nitrogens is 1. The van der Waals surface area contributed by atoms with Crippen molar-refractivity contribution in [2.24, 2.45) is 0 Å². The van der Waals surface area contributed by atoms with Gasteiger partial charge in [0.25, 0.3) is 0 Å². The predicted molar refractivity (Wildman–Crippen MR) is 102 cm³/mol. The van der Waals surface area contributed by atoms with Crippen molar-refractivity contribution in [3.05, 3.63) is 40.9 Å². The summed E-state index contributed by atoms with van der Waals surface area (Å²) in [6.07, 6.45) is 0.245. The van der Waals surface area contributed by atoms with E-state index in [2.05, 4.69) is 4.98 Å². The SMILES string of the molecule is CCN(C(C)=O)c1nc(COC(=O)Cc2cccc(OC(C)C)c2)cs1. The van der Waals surface area contributed by atoms with E-state index in [1.807, 2.05) is 45.0 Å². The normalized spacial score (nSPS) is 10.7. The lowest BCUT2D eigenvalue weighted by atomic mass is 10.1. The molecule has 7 heteroatoms. The molecule has 0 spiro atoms. The molecule has 1 aromatic carbocycles. The van der Waals surface area contributed by atoms with Crippen molar-refractivity contribution in [3.8, 4) is 5.75 Å². The predicted octanol–water partition coefficient (Wildman–Crippen LogP) is 3.59. The number of esters is 1. The summed E-state index contributed by atoms with van der Waals surface area (Å²) in [6.45, 7) is 7.94. The Labute approximate surface area is 157 Å². The second kappa shape index (κ2) is 9.33. The van der Waals surface area contributed by atoms with Crippen LogP contribution in [-0.4, -0.2) is 29.5 Å². The maximum atomic E-state index is 12.1. The number of hydrogen-bond donors (Lipinski definition) is 0. The van der Waals surface area contributed by atoms with E-state index < -0.39 is 0 Å². The fourth-order valence-electron chi connectivity index (χ4n) is 2.35. The Morgan fingerprint density at radius 2 is 2.08 bits per heavy atom. The van der Waals surface area contributed by atoms with Gasteiger partial charge >= 0.3 is 5.97 Å². The number of benzene rings is 1. The van der Waals surface area contributed by atoms with Crippen LogP contribution in [0.3, 0.4) is 0 Å². The number of nitrogens with zero attached hydrogens (tertiary/aromatic N) is 2. The molecule has 0 atom stereocenters. The smallest absolute Gasteiger partial charge is 0.310 e. The Balaban J connectivity index is 1.89. The highest BCUT2D eigenvalue weighted by Crippen LogP contribution is 2.21. The van der Waals surface area contributed by atoms with E-state index in [-0.39, 0.29) is 31.0 Å². The molecule has 0 unspecified atom stereocenters. The zero-order valence-electron chi connectivity index (χ0n) is 15.5. The molecule has 2 rings (SSSR count). The van der Waals surface area contributed by atoms with E-state index >= 15 is 0 Å². The van der Waals surface area contributed by atoms with Gasteiger partial charge in [-0.25, -0.2) is 4.98 Å². The Morgan fingerprint density at radius 3 is 2.73 bits per heavy atom. The zero-order chi connectivity index (χ0) is 19.1. The minimum Gasteiger partial charge on any atom is -0.491 e. The van der Waals surface area contributed by atoms with Crippen LogP contribution in [0.4, 0.5) is 5.13 Å². The first kappa shape index (κ1) is 19.9. The van der Waals surface area contributed by atoms with Gasteiger partial charge in [-0.15, -0.1) is 11.3 Å². The summed E-state index contributed by atoms with van der Waals surface area (Å²) < 4.78 is 10.9. The van der Waals surface area contributed by atoms with Gasteiger partial charge in [0.15, 0.2) is 5.13 Å². The first-order valence-electron chi connectivity index (χ1n) is 8.52. The Morgan fingerprint density at radius 1 is 1.31 bits per heavy atom. The van der Waals surface area contributed by atoms with Gasteiger partial charge in [-0.2, -0.15) is 0 Å². The van der Waals surface area contributed by atoms with Crippen LogP contribution in [0.15, 0.2) is 29.6 Å². The van der Waals surface area contributed by atoms with Gasteiger partial charge in [-0.3, -0.25) is 14.5 Å². The average Bonchev–Trinajstić information content (AvgIpc) is 3.01. The monoisotopic (exact) mass is 376 g/mol. The molecule has 1 aromatic heterocycles. The molecular formula is C19H24N2O4S. The highest BCUT2D eigenvalue weighted by atomic mass is 32.1. The van der Waals surface area contributed by atoms with Crippen LogP contribution in [0.5, 0.6) is 5.75 Å². The second-order valence-corrected chi connectivity index (χ2v) is 6.87. The number of hydrogen-bond acceptors (Lipinski definition) is 6. The van der Waals surface area contributed by atoms with Crippen molar-refractivity contribution in [2.45, 2.75) is 46.8 Å². The molecule has 26 heavy (non-hydrogen) atoms. The number of carbonyl (C=O) groups is 2. The van der Waals surface area contributed by atoms with E-state index in [4.69, 9.17) is 9.47 Å². The van der Waals surface area contributed by atoms with Crippen LogP contribution in [0.25, 0.3) is 0 Å². The second-order valence-electron chi connectivity index (χ2n) is 6.04. The number of ether oxygens (including phenoxy) is 2. The standard InChI is InChI=1S/C19H24N2O4S/c1-5-21(14(4)22)19-20-16(12-26-19)11-24-18(23)10-15-7-6-8-17(9-15)25-13(2)3/h6-9,12-13H,5,10-11H2,1-4H3. The van der Waals surface area contributed by atoms with Crippen molar-refractivity contribution >= 4 is 28.3 Å². The van der Waals surface area contributed by atoms with Gasteiger partial charge in [0.2, 0.25) is 5.91 Å². The third kappa shape index (κ3) is 5.84. The lowest BCUT2D eigenvalue weighted by Gasteiger charge is -2.14. The molecule has 0 aliphatic rings. The number of anilines is 1. The maximum absolute atomic E-state index is 12.1. The van der Waals surface area contributed by atoms with Crippen molar-refractivity contribution in [3.63, 3.8) is 0 Å². The number of amides is 1. The highest BCUT2D eigenvalue weighted by molar-refractivity contribution is 7.14. The molecule has 0 N–H and O–H groups in total. The Hall–Kier alpha value is -2.41. The van der Waals surface area contributed by atoms with E-state index in [0.29, 0.717) is 17.4 Å². The summed E-state index contributed by atoms with van der Waals surface area (Å²) in [4.78, 5) is 29.6. The molecule has 0 bridgehead atoms. The summed E-state index contributed by atoms with van der Waals surface area (Å²) >= 11 is 1.36. The average molecular weight is 376 g/mol. The van der Waals surface area contributed by atoms with Gasteiger partial charge in [-0.1, -0.05) is 12.1 Å². The lowest BCUT2D eigenvalue weighted by Crippen LogP contribution is -2.27. The first-order chi connectivity index (χ1) is 12.4.